The van der Waals surface area contributed by atoms with Crippen LogP contribution < -0.4 is 5.43 Å². The van der Waals surface area contributed by atoms with Crippen molar-refractivity contribution in [2.75, 3.05) is 0 Å². The molecule has 0 aromatic carbocycles. The van der Waals surface area contributed by atoms with Crippen LogP contribution in [0.25, 0.3) is 0 Å². The number of nitrogens with one attached hydrogen (secondary N) is 1. The van der Waals surface area contributed by atoms with E-state index in [0.717, 1.165) is 5.70 Å². The van der Waals surface area contributed by atoms with E-state index in [0.29, 0.717) is 0 Å². The number of hydrogen-bond donors (Lipinski definition) is 1. The predicted molar refractivity (Wildman–Crippen MR) is 32.1 cm³/mol. The Morgan fingerprint density at radius 1 is 1.86 bits per heavy atom. The molecular weight excluding hydrogens is 88.1 g/mol. The van der Waals surface area contributed by atoms with E-state index in [1.54, 1.807) is 6.21 Å². The molecule has 0 fully saturated rings. The van der Waals surface area contributed by atoms with Gasteiger partial charge >= 0.3 is 0 Å². The van der Waals surface area contributed by atoms with E-state index in [1.807, 2.05) is 13.8 Å². The van der Waals surface area contributed by atoms with Gasteiger partial charge in [0.1, 0.15) is 0 Å². The first kappa shape index (κ1) is 6.21. The number of nitrogens with zero attached hydrogens (tertiary/aromatic N) is 1. The monoisotopic (exact) mass is 98.1 g/mol. The predicted octanol–water partition coefficient (Wildman–Crippen LogP) is 1.12. The molecular formula is C5H10N2. The zero-order valence-electron chi connectivity index (χ0n) is 4.73. The fraction of sp³-hybridized carbons (Fsp3) is 0.400. The quantitative estimate of drug-likeness (QED) is 0.406. The summed E-state index contributed by atoms with van der Waals surface area (Å²) in [6, 6.07) is 0. The topological polar surface area (TPSA) is 24.4 Å². The molecule has 2 nitrogen and oxygen atoms in total. The molecule has 0 saturated heterocycles. The lowest BCUT2D eigenvalue weighted by Gasteiger charge is -1.91. The van der Waals surface area contributed by atoms with E-state index in [2.05, 4.69) is 17.1 Å². The van der Waals surface area contributed by atoms with Gasteiger partial charge in [-0.3, -0.25) is 5.43 Å². The summed E-state index contributed by atoms with van der Waals surface area (Å²) in [6.07, 6.45) is 1.68. The molecule has 7 heavy (non-hydrogen) atoms. The highest BCUT2D eigenvalue weighted by Gasteiger charge is 1.69. The van der Waals surface area contributed by atoms with Gasteiger partial charge in [-0.2, -0.15) is 5.10 Å². The Hall–Kier alpha value is -0.790. The summed E-state index contributed by atoms with van der Waals surface area (Å²) >= 11 is 0. The molecule has 1 N–H and O–H groups in total. The molecule has 0 atom stereocenters. The third-order valence-electron chi connectivity index (χ3n) is 0.385. The molecule has 0 amide bonds. The van der Waals surface area contributed by atoms with Crippen LogP contribution in [0.4, 0.5) is 0 Å². The van der Waals surface area contributed by atoms with Crippen molar-refractivity contribution in [1.82, 2.24) is 5.43 Å². The zero-order valence-corrected chi connectivity index (χ0v) is 4.73. The summed E-state index contributed by atoms with van der Waals surface area (Å²) in [7, 11) is 0. The van der Waals surface area contributed by atoms with Crippen molar-refractivity contribution in [3.05, 3.63) is 12.3 Å². The lowest BCUT2D eigenvalue weighted by molar-refractivity contribution is 0.898. The normalized spacial score (nSPS) is 9.43. The van der Waals surface area contributed by atoms with Gasteiger partial charge in [-0.1, -0.05) is 6.58 Å². The highest BCUT2D eigenvalue weighted by Crippen LogP contribution is 1.73. The number of rotatable bonds is 2. The first-order valence-corrected chi connectivity index (χ1v) is 2.16. The average molecular weight is 98.1 g/mol. The lowest BCUT2D eigenvalue weighted by atomic mass is 10.6. The first-order valence-electron chi connectivity index (χ1n) is 2.16. The van der Waals surface area contributed by atoms with Crippen LogP contribution in [0.3, 0.4) is 0 Å². The molecule has 0 spiro atoms. The summed E-state index contributed by atoms with van der Waals surface area (Å²) in [5.41, 5.74) is 3.53. The Morgan fingerprint density at radius 2 is 2.43 bits per heavy atom. The average Bonchev–Trinajstić information content (AvgIpc) is 1.61. The first-order chi connectivity index (χ1) is 3.27. The molecule has 2 heteroatoms. The minimum atomic E-state index is 0.859. The van der Waals surface area contributed by atoms with E-state index in [1.165, 1.54) is 0 Å². The highest BCUT2D eigenvalue weighted by molar-refractivity contribution is 5.52. The van der Waals surface area contributed by atoms with Crippen molar-refractivity contribution in [1.29, 1.82) is 0 Å². The zero-order chi connectivity index (χ0) is 5.70. The largest absolute Gasteiger partial charge is 0.284 e. The van der Waals surface area contributed by atoms with Crippen LogP contribution in [0, 0.1) is 0 Å². The van der Waals surface area contributed by atoms with Crippen molar-refractivity contribution >= 4 is 6.21 Å². The van der Waals surface area contributed by atoms with E-state index < -0.39 is 0 Å². The molecule has 0 rings (SSSR count). The SMILES string of the molecule is C=C(C)N/N=C/C. The van der Waals surface area contributed by atoms with Gasteiger partial charge in [-0.15, -0.1) is 0 Å². The van der Waals surface area contributed by atoms with E-state index in [-0.39, 0.29) is 0 Å². The van der Waals surface area contributed by atoms with Gasteiger partial charge in [0, 0.05) is 11.9 Å². The summed E-state index contributed by atoms with van der Waals surface area (Å²) in [6.45, 7) is 7.27. The van der Waals surface area contributed by atoms with Crippen LogP contribution >= 0.6 is 0 Å². The molecule has 0 unspecified atom stereocenters. The molecule has 0 aromatic heterocycles. The Bertz CT molecular complexity index is 84.1. The molecule has 0 saturated carbocycles. The maximum absolute atomic E-state index is 3.70. The maximum Gasteiger partial charge on any atom is 0.0233 e. The summed E-state index contributed by atoms with van der Waals surface area (Å²) in [4.78, 5) is 0. The van der Waals surface area contributed by atoms with E-state index in [4.69, 9.17) is 0 Å². The number of hydrazone groups is 1. The van der Waals surface area contributed by atoms with Gasteiger partial charge in [0.2, 0.25) is 0 Å². The maximum atomic E-state index is 3.70. The van der Waals surface area contributed by atoms with Crippen LogP contribution in [-0.4, -0.2) is 6.21 Å². The minimum absolute atomic E-state index is 0.859. The van der Waals surface area contributed by atoms with Gasteiger partial charge in [-0.05, 0) is 13.8 Å². The van der Waals surface area contributed by atoms with Crippen molar-refractivity contribution in [2.24, 2.45) is 5.10 Å². The van der Waals surface area contributed by atoms with Crippen LogP contribution in [-0.2, 0) is 0 Å². The Morgan fingerprint density at radius 3 is 2.57 bits per heavy atom. The van der Waals surface area contributed by atoms with Crippen LogP contribution in [0.15, 0.2) is 17.4 Å². The van der Waals surface area contributed by atoms with Gasteiger partial charge in [0.25, 0.3) is 0 Å². The summed E-state index contributed by atoms with van der Waals surface area (Å²) in [5.74, 6) is 0. The minimum Gasteiger partial charge on any atom is -0.284 e. The number of hydrogen-bond acceptors (Lipinski definition) is 2. The lowest BCUT2D eigenvalue weighted by Crippen LogP contribution is -1.98. The van der Waals surface area contributed by atoms with Crippen LogP contribution in [0.5, 0.6) is 0 Å². The smallest absolute Gasteiger partial charge is 0.0233 e. The summed E-state index contributed by atoms with van der Waals surface area (Å²) in [5, 5.41) is 3.70. The molecule has 0 radical (unpaired) electrons. The second-order valence-corrected chi connectivity index (χ2v) is 1.28. The van der Waals surface area contributed by atoms with Gasteiger partial charge < -0.3 is 0 Å². The molecule has 0 heterocycles. The van der Waals surface area contributed by atoms with Crippen LogP contribution in [0.2, 0.25) is 0 Å². The van der Waals surface area contributed by atoms with Crippen molar-refractivity contribution < 1.29 is 0 Å². The van der Waals surface area contributed by atoms with Gasteiger partial charge in [0.05, 0.1) is 0 Å². The second-order valence-electron chi connectivity index (χ2n) is 1.28. The molecule has 0 aliphatic carbocycles. The summed E-state index contributed by atoms with van der Waals surface area (Å²) < 4.78 is 0. The van der Waals surface area contributed by atoms with Crippen molar-refractivity contribution in [3.8, 4) is 0 Å². The van der Waals surface area contributed by atoms with Gasteiger partial charge in [-0.25, -0.2) is 0 Å². The fourth-order valence-corrected chi connectivity index (χ4v) is 0.175. The third kappa shape index (κ3) is 5.21. The molecule has 0 aromatic rings. The highest BCUT2D eigenvalue weighted by atomic mass is 15.3. The van der Waals surface area contributed by atoms with E-state index >= 15 is 0 Å². The third-order valence-corrected chi connectivity index (χ3v) is 0.385. The fourth-order valence-electron chi connectivity index (χ4n) is 0.175. The molecule has 0 aliphatic rings. The Kier molecular flexibility index (Phi) is 3.02. The van der Waals surface area contributed by atoms with Crippen LogP contribution in [0.1, 0.15) is 13.8 Å². The van der Waals surface area contributed by atoms with Gasteiger partial charge in [0.15, 0.2) is 0 Å². The molecule has 40 valence electrons. The Balaban J connectivity index is 3.14. The molecule has 0 bridgehead atoms. The van der Waals surface area contributed by atoms with Crippen molar-refractivity contribution in [3.63, 3.8) is 0 Å². The molecule has 0 aliphatic heterocycles. The standard InChI is InChI=1S/C5H10N2/c1-4-6-7-5(2)3/h4,7H,2H2,1,3H3/b6-4+. The van der Waals surface area contributed by atoms with Crippen molar-refractivity contribution in [2.45, 2.75) is 13.8 Å². The number of allylic oxidation sites excluding steroid dienone is 1. The van der Waals surface area contributed by atoms with E-state index in [9.17, 15) is 0 Å². The second kappa shape index (κ2) is 3.40. The Labute approximate surface area is 43.9 Å².